The third kappa shape index (κ3) is 3.21. The smallest absolute Gasteiger partial charge is 0.203 e. The molecular weight excluding hydrogens is 350 g/mol. The van der Waals surface area contributed by atoms with E-state index in [2.05, 4.69) is 15.5 Å². The van der Waals surface area contributed by atoms with Crippen molar-refractivity contribution < 1.29 is 14.6 Å². The van der Waals surface area contributed by atoms with Crippen LogP contribution in [0, 0.1) is 0 Å². The molecule has 0 bridgehead atoms. The first-order valence-electron chi connectivity index (χ1n) is 8.12. The number of methoxy groups -OCH3 is 1. The Morgan fingerprint density at radius 3 is 2.96 bits per heavy atom. The number of aromatic nitrogens is 1. The van der Waals surface area contributed by atoms with Crippen LogP contribution in [0.2, 0.25) is 0 Å². The minimum Gasteiger partial charge on any atom is -0.507 e. The number of hydrogen-bond acceptors (Lipinski definition) is 7. The molecule has 4 rings (SSSR count). The zero-order chi connectivity index (χ0) is 17.9. The Kier molecular flexibility index (Phi) is 4.45. The van der Waals surface area contributed by atoms with Crippen LogP contribution in [0.25, 0.3) is 11.3 Å². The summed E-state index contributed by atoms with van der Waals surface area (Å²) in [6.45, 7) is 0.611. The average molecular weight is 367 g/mol. The summed E-state index contributed by atoms with van der Waals surface area (Å²) in [5.74, 6) is 1.58. The predicted molar refractivity (Wildman–Crippen MR) is 102 cm³/mol. The van der Waals surface area contributed by atoms with Crippen LogP contribution in [-0.4, -0.2) is 29.5 Å². The first-order chi connectivity index (χ1) is 12.7. The van der Waals surface area contributed by atoms with Gasteiger partial charge in [-0.3, -0.25) is 5.43 Å². The van der Waals surface area contributed by atoms with Gasteiger partial charge in [0.15, 0.2) is 0 Å². The molecule has 132 valence electrons. The van der Waals surface area contributed by atoms with E-state index in [1.54, 1.807) is 25.3 Å². The third-order valence-corrected chi connectivity index (χ3v) is 4.81. The summed E-state index contributed by atoms with van der Waals surface area (Å²) < 4.78 is 10.7. The zero-order valence-corrected chi connectivity index (χ0v) is 14.9. The quantitative estimate of drug-likeness (QED) is 0.678. The molecule has 6 nitrogen and oxygen atoms in total. The first-order valence-corrected chi connectivity index (χ1v) is 9.00. The number of fused-ring (bicyclic) bond motifs is 1. The summed E-state index contributed by atoms with van der Waals surface area (Å²) >= 11 is 1.43. The van der Waals surface area contributed by atoms with Gasteiger partial charge in [-0.1, -0.05) is 12.1 Å². The Morgan fingerprint density at radius 1 is 1.23 bits per heavy atom. The monoisotopic (exact) mass is 367 g/mol. The number of benzene rings is 2. The number of ether oxygens (including phenoxy) is 2. The van der Waals surface area contributed by atoms with Gasteiger partial charge in [0.2, 0.25) is 5.13 Å². The largest absolute Gasteiger partial charge is 0.507 e. The van der Waals surface area contributed by atoms with E-state index >= 15 is 0 Å². The SMILES string of the molecule is COc1ccc(-c2csc(N/N=C3\CCOc4ccccc43)n2)c(O)c1. The van der Waals surface area contributed by atoms with Crippen LogP contribution in [0.4, 0.5) is 5.13 Å². The molecule has 26 heavy (non-hydrogen) atoms. The standard InChI is InChI=1S/C19H17N3O3S/c1-24-12-6-7-13(17(23)10-12)16-11-26-19(20-16)22-21-15-8-9-25-18-5-3-2-4-14(15)18/h2-7,10-11,23H,8-9H2,1H3,(H,20,22)/b21-15+. The molecule has 1 aliphatic heterocycles. The highest BCUT2D eigenvalue weighted by Gasteiger charge is 2.16. The summed E-state index contributed by atoms with van der Waals surface area (Å²) in [6, 6.07) is 13.0. The second-order valence-corrected chi connectivity index (χ2v) is 6.54. The van der Waals surface area contributed by atoms with Crippen molar-refractivity contribution >= 4 is 22.2 Å². The molecule has 0 atom stereocenters. The van der Waals surface area contributed by atoms with E-state index in [0.717, 1.165) is 23.4 Å². The number of phenolic OH excluding ortho intramolecular Hbond substituents is 1. The number of nitrogens with zero attached hydrogens (tertiary/aromatic N) is 2. The molecule has 1 aromatic heterocycles. The first kappa shape index (κ1) is 16.4. The lowest BCUT2D eigenvalue weighted by Gasteiger charge is -2.18. The van der Waals surface area contributed by atoms with Crippen molar-refractivity contribution in [1.82, 2.24) is 4.98 Å². The van der Waals surface area contributed by atoms with Gasteiger partial charge in [-0.2, -0.15) is 5.10 Å². The number of aromatic hydroxyl groups is 1. The molecule has 1 aliphatic rings. The Labute approximate surface area is 154 Å². The lowest BCUT2D eigenvalue weighted by molar-refractivity contribution is 0.320. The van der Waals surface area contributed by atoms with E-state index in [0.29, 0.717) is 28.7 Å². The molecule has 0 saturated heterocycles. The lowest BCUT2D eigenvalue weighted by Crippen LogP contribution is -2.17. The van der Waals surface area contributed by atoms with Crippen molar-refractivity contribution in [3.8, 4) is 28.5 Å². The van der Waals surface area contributed by atoms with E-state index in [9.17, 15) is 5.11 Å². The maximum Gasteiger partial charge on any atom is 0.203 e. The molecule has 2 N–H and O–H groups in total. The van der Waals surface area contributed by atoms with Gasteiger partial charge in [-0.15, -0.1) is 11.3 Å². The Hall–Kier alpha value is -3.06. The van der Waals surface area contributed by atoms with E-state index in [4.69, 9.17) is 9.47 Å². The number of rotatable bonds is 4. The van der Waals surface area contributed by atoms with Crippen LogP contribution in [0.5, 0.6) is 17.2 Å². The molecule has 0 fully saturated rings. The number of para-hydroxylation sites is 1. The number of thiazole rings is 1. The Morgan fingerprint density at radius 2 is 2.12 bits per heavy atom. The minimum absolute atomic E-state index is 0.130. The van der Waals surface area contributed by atoms with Crippen LogP contribution in [0.3, 0.4) is 0 Å². The summed E-state index contributed by atoms with van der Waals surface area (Å²) in [5, 5.41) is 17.2. The van der Waals surface area contributed by atoms with Gasteiger partial charge in [0.1, 0.15) is 17.2 Å². The van der Waals surface area contributed by atoms with Gasteiger partial charge < -0.3 is 14.6 Å². The highest BCUT2D eigenvalue weighted by atomic mass is 32.1. The molecule has 0 aliphatic carbocycles. The molecule has 0 spiro atoms. The predicted octanol–water partition coefficient (Wildman–Crippen LogP) is 4.12. The zero-order valence-electron chi connectivity index (χ0n) is 14.1. The number of hydrogen-bond donors (Lipinski definition) is 2. The summed E-state index contributed by atoms with van der Waals surface area (Å²) in [5.41, 5.74) is 6.30. The molecule has 2 aromatic carbocycles. The molecule has 0 unspecified atom stereocenters. The van der Waals surface area contributed by atoms with Crippen LogP contribution in [-0.2, 0) is 0 Å². The van der Waals surface area contributed by atoms with Crippen molar-refractivity contribution in [2.45, 2.75) is 6.42 Å². The average Bonchev–Trinajstić information content (AvgIpc) is 3.15. The molecule has 2 heterocycles. The topological polar surface area (TPSA) is 76.0 Å². The van der Waals surface area contributed by atoms with Gasteiger partial charge in [0.05, 0.1) is 25.1 Å². The molecule has 7 heteroatoms. The minimum atomic E-state index is 0.130. The lowest BCUT2D eigenvalue weighted by atomic mass is 10.0. The Balaban J connectivity index is 1.55. The van der Waals surface area contributed by atoms with Gasteiger partial charge in [-0.25, -0.2) is 4.98 Å². The number of hydrazone groups is 1. The highest BCUT2D eigenvalue weighted by molar-refractivity contribution is 7.14. The van der Waals surface area contributed by atoms with Crippen molar-refractivity contribution in [2.24, 2.45) is 5.10 Å². The number of phenols is 1. The summed E-state index contributed by atoms with van der Waals surface area (Å²) in [6.07, 6.45) is 0.738. The van der Waals surface area contributed by atoms with Crippen molar-refractivity contribution in [2.75, 3.05) is 19.1 Å². The van der Waals surface area contributed by atoms with E-state index in [1.807, 2.05) is 29.6 Å². The second-order valence-electron chi connectivity index (χ2n) is 5.69. The van der Waals surface area contributed by atoms with E-state index < -0.39 is 0 Å². The molecule has 0 saturated carbocycles. The van der Waals surface area contributed by atoms with Gasteiger partial charge >= 0.3 is 0 Å². The second kappa shape index (κ2) is 7.05. The van der Waals surface area contributed by atoms with Crippen LogP contribution in [0.15, 0.2) is 52.9 Å². The maximum atomic E-state index is 10.2. The van der Waals surface area contributed by atoms with Crippen LogP contribution < -0.4 is 14.9 Å². The van der Waals surface area contributed by atoms with Crippen molar-refractivity contribution in [3.05, 3.63) is 53.4 Å². The fraction of sp³-hybridized carbons (Fsp3) is 0.158. The fourth-order valence-corrected chi connectivity index (χ4v) is 3.41. The molecule has 0 radical (unpaired) electrons. The fourth-order valence-electron chi connectivity index (χ4n) is 2.76. The third-order valence-electron chi connectivity index (χ3n) is 4.07. The Bertz CT molecular complexity index is 968. The van der Waals surface area contributed by atoms with Crippen LogP contribution >= 0.6 is 11.3 Å². The van der Waals surface area contributed by atoms with Crippen molar-refractivity contribution in [1.29, 1.82) is 0 Å². The van der Waals surface area contributed by atoms with E-state index in [-0.39, 0.29) is 5.75 Å². The molecule has 0 amide bonds. The normalized spacial score (nSPS) is 14.6. The maximum absolute atomic E-state index is 10.2. The molecule has 3 aromatic rings. The van der Waals surface area contributed by atoms with Gasteiger partial charge in [0, 0.05) is 29.0 Å². The van der Waals surface area contributed by atoms with Crippen molar-refractivity contribution in [3.63, 3.8) is 0 Å². The van der Waals surface area contributed by atoms with Gasteiger partial charge in [0.25, 0.3) is 0 Å². The highest BCUT2D eigenvalue weighted by Crippen LogP contribution is 2.34. The number of anilines is 1. The van der Waals surface area contributed by atoms with Crippen LogP contribution in [0.1, 0.15) is 12.0 Å². The summed E-state index contributed by atoms with van der Waals surface area (Å²) in [7, 11) is 1.56. The summed E-state index contributed by atoms with van der Waals surface area (Å²) in [4.78, 5) is 4.51. The number of nitrogens with one attached hydrogen (secondary N) is 1. The van der Waals surface area contributed by atoms with Gasteiger partial charge in [-0.05, 0) is 24.3 Å². The molecular formula is C19H17N3O3S. The van der Waals surface area contributed by atoms with E-state index in [1.165, 1.54) is 11.3 Å².